The Hall–Kier alpha value is -2.22. The van der Waals surface area contributed by atoms with Crippen LogP contribution in [0.2, 0.25) is 0 Å². The largest absolute Gasteiger partial charge is 0.298 e. The molecule has 0 amide bonds. The van der Waals surface area contributed by atoms with Crippen molar-refractivity contribution in [3.8, 4) is 0 Å². The molecule has 3 rings (SSSR count). The number of hydrazine groups is 1. The molecule has 0 bridgehead atoms. The second-order valence-corrected chi connectivity index (χ2v) is 6.86. The van der Waals surface area contributed by atoms with Gasteiger partial charge < -0.3 is 0 Å². The molecule has 2 heteroatoms. The van der Waals surface area contributed by atoms with E-state index in [-0.39, 0.29) is 0 Å². The van der Waals surface area contributed by atoms with E-state index < -0.39 is 0 Å². The van der Waals surface area contributed by atoms with Gasteiger partial charge in [0.2, 0.25) is 0 Å². The first-order valence-electron chi connectivity index (χ1n) is 8.49. The van der Waals surface area contributed by atoms with Crippen molar-refractivity contribution in [2.24, 2.45) is 0 Å². The van der Waals surface area contributed by atoms with Gasteiger partial charge in [-0.2, -0.15) is 0 Å². The van der Waals surface area contributed by atoms with E-state index in [0.29, 0.717) is 11.8 Å². The third-order valence-corrected chi connectivity index (χ3v) is 4.49. The molecule has 0 spiro atoms. The Kier molecular flexibility index (Phi) is 4.42. The maximum atomic E-state index is 3.52. The molecular weight excluding hydrogens is 280 g/mol. The van der Waals surface area contributed by atoms with Gasteiger partial charge in [-0.1, -0.05) is 64.1 Å². The summed E-state index contributed by atoms with van der Waals surface area (Å²) in [4.78, 5) is 0. The minimum atomic E-state index is 0.573. The molecule has 2 nitrogen and oxygen atoms in total. The van der Waals surface area contributed by atoms with E-state index in [9.17, 15) is 0 Å². The van der Waals surface area contributed by atoms with Gasteiger partial charge in [-0.25, -0.2) is 0 Å². The van der Waals surface area contributed by atoms with Crippen molar-refractivity contribution in [3.63, 3.8) is 0 Å². The van der Waals surface area contributed by atoms with E-state index in [0.717, 1.165) is 6.54 Å². The van der Waals surface area contributed by atoms with Crippen LogP contribution in [0.25, 0.3) is 5.70 Å². The van der Waals surface area contributed by atoms with Crippen LogP contribution in [0.3, 0.4) is 0 Å². The lowest BCUT2D eigenvalue weighted by Gasteiger charge is -2.21. The molecule has 1 aliphatic heterocycles. The van der Waals surface area contributed by atoms with Crippen LogP contribution in [0.1, 0.15) is 56.2 Å². The van der Waals surface area contributed by atoms with E-state index in [2.05, 4.69) is 92.7 Å². The fourth-order valence-corrected chi connectivity index (χ4v) is 2.86. The van der Waals surface area contributed by atoms with Crippen LogP contribution in [-0.4, -0.2) is 6.54 Å². The molecule has 1 heterocycles. The van der Waals surface area contributed by atoms with Crippen molar-refractivity contribution < 1.29 is 0 Å². The molecule has 0 unspecified atom stereocenters. The van der Waals surface area contributed by atoms with Crippen LogP contribution in [-0.2, 0) is 0 Å². The van der Waals surface area contributed by atoms with Crippen molar-refractivity contribution in [1.29, 1.82) is 0 Å². The zero-order valence-corrected chi connectivity index (χ0v) is 14.5. The van der Waals surface area contributed by atoms with E-state index in [1.165, 1.54) is 28.1 Å². The second-order valence-electron chi connectivity index (χ2n) is 6.86. The minimum Gasteiger partial charge on any atom is -0.298 e. The zero-order chi connectivity index (χ0) is 16.4. The molecule has 2 aromatic carbocycles. The second kappa shape index (κ2) is 6.49. The molecular formula is C21H26N2. The van der Waals surface area contributed by atoms with Crippen LogP contribution in [0.4, 0.5) is 5.69 Å². The average molecular weight is 306 g/mol. The molecule has 0 saturated carbocycles. The van der Waals surface area contributed by atoms with Gasteiger partial charge in [-0.3, -0.25) is 10.4 Å². The van der Waals surface area contributed by atoms with Crippen LogP contribution >= 0.6 is 0 Å². The van der Waals surface area contributed by atoms with Gasteiger partial charge in [0, 0.05) is 0 Å². The lowest BCUT2D eigenvalue weighted by Crippen LogP contribution is -2.31. The van der Waals surface area contributed by atoms with Crippen LogP contribution in [0.5, 0.6) is 0 Å². The molecule has 2 aromatic rings. The lowest BCUT2D eigenvalue weighted by molar-refractivity contribution is 0.842. The summed E-state index contributed by atoms with van der Waals surface area (Å²) in [5.74, 6) is 1.15. The number of nitrogens with zero attached hydrogens (tertiary/aromatic N) is 1. The Morgan fingerprint density at radius 3 is 1.83 bits per heavy atom. The molecule has 0 radical (unpaired) electrons. The molecule has 0 aromatic heterocycles. The third kappa shape index (κ3) is 3.42. The van der Waals surface area contributed by atoms with E-state index in [4.69, 9.17) is 0 Å². The first-order valence-corrected chi connectivity index (χ1v) is 8.49. The number of nitrogens with one attached hydrogen (secondary N) is 1. The summed E-state index contributed by atoms with van der Waals surface area (Å²) in [6, 6.07) is 17.7. The van der Waals surface area contributed by atoms with Gasteiger partial charge in [-0.15, -0.1) is 0 Å². The summed E-state index contributed by atoms with van der Waals surface area (Å²) >= 11 is 0. The smallest absolute Gasteiger partial charge is 0.0598 e. The van der Waals surface area contributed by atoms with E-state index in [1.54, 1.807) is 0 Å². The maximum absolute atomic E-state index is 3.52. The van der Waals surface area contributed by atoms with Gasteiger partial charge in [-0.05, 0) is 46.7 Å². The van der Waals surface area contributed by atoms with Crippen molar-refractivity contribution >= 4 is 11.4 Å². The van der Waals surface area contributed by atoms with Gasteiger partial charge in [0.15, 0.2) is 0 Å². The number of rotatable bonds is 4. The number of anilines is 1. The summed E-state index contributed by atoms with van der Waals surface area (Å²) in [7, 11) is 0. The summed E-state index contributed by atoms with van der Waals surface area (Å²) in [5, 5.41) is 2.19. The molecule has 1 N–H and O–H groups in total. The molecule has 0 atom stereocenters. The highest BCUT2D eigenvalue weighted by molar-refractivity contribution is 5.70. The Balaban J connectivity index is 1.70. The fourth-order valence-electron chi connectivity index (χ4n) is 2.86. The van der Waals surface area contributed by atoms with Gasteiger partial charge in [0.05, 0.1) is 17.9 Å². The normalized spacial score (nSPS) is 14.3. The Morgan fingerprint density at radius 2 is 1.30 bits per heavy atom. The number of hydrogen-bond acceptors (Lipinski definition) is 2. The summed E-state index contributed by atoms with van der Waals surface area (Å²) < 4.78 is 0. The highest BCUT2D eigenvalue weighted by Crippen LogP contribution is 2.25. The summed E-state index contributed by atoms with van der Waals surface area (Å²) in [6.07, 6.45) is 2.25. The first-order chi connectivity index (χ1) is 11.0. The summed E-state index contributed by atoms with van der Waals surface area (Å²) in [6.45, 7) is 9.80. The standard InChI is InChI=1S/C21H26N2/c1-15(2)17-5-7-19(8-6-17)21-13-14-23(22-21)20-11-9-18(10-12-20)16(3)4/h5-13,15-16,22H,14H2,1-4H3. The van der Waals surface area contributed by atoms with Crippen LogP contribution in [0, 0.1) is 0 Å². The molecule has 120 valence electrons. The number of benzene rings is 2. The maximum Gasteiger partial charge on any atom is 0.0598 e. The van der Waals surface area contributed by atoms with E-state index >= 15 is 0 Å². The SMILES string of the molecule is CC(C)c1ccc(C2=CCN(c3ccc(C(C)C)cc3)N2)cc1. The highest BCUT2D eigenvalue weighted by Gasteiger charge is 2.15. The predicted octanol–water partition coefficient (Wildman–Crippen LogP) is 5.30. The predicted molar refractivity (Wildman–Crippen MR) is 99.5 cm³/mol. The molecule has 0 aliphatic carbocycles. The lowest BCUT2D eigenvalue weighted by atomic mass is 10.0. The summed E-state index contributed by atoms with van der Waals surface area (Å²) in [5.41, 5.74) is 9.92. The Morgan fingerprint density at radius 1 is 0.783 bits per heavy atom. The molecule has 23 heavy (non-hydrogen) atoms. The zero-order valence-electron chi connectivity index (χ0n) is 14.5. The average Bonchev–Trinajstić information content (AvgIpc) is 3.05. The topological polar surface area (TPSA) is 15.3 Å². The van der Waals surface area contributed by atoms with Crippen molar-refractivity contribution in [3.05, 3.63) is 71.3 Å². The monoisotopic (exact) mass is 306 g/mol. The van der Waals surface area contributed by atoms with Gasteiger partial charge in [0.25, 0.3) is 0 Å². The van der Waals surface area contributed by atoms with Crippen LogP contribution < -0.4 is 10.4 Å². The molecule has 1 aliphatic rings. The van der Waals surface area contributed by atoms with Crippen molar-refractivity contribution in [1.82, 2.24) is 5.43 Å². The Bertz CT molecular complexity index is 679. The van der Waals surface area contributed by atoms with Crippen molar-refractivity contribution in [2.75, 3.05) is 11.6 Å². The highest BCUT2D eigenvalue weighted by atomic mass is 15.5. The van der Waals surface area contributed by atoms with E-state index in [1.807, 2.05) is 0 Å². The van der Waals surface area contributed by atoms with Gasteiger partial charge >= 0.3 is 0 Å². The van der Waals surface area contributed by atoms with Crippen molar-refractivity contribution in [2.45, 2.75) is 39.5 Å². The van der Waals surface area contributed by atoms with Crippen LogP contribution in [0.15, 0.2) is 54.6 Å². The molecule has 0 saturated heterocycles. The first kappa shape index (κ1) is 15.7. The quantitative estimate of drug-likeness (QED) is 0.824. The number of hydrogen-bond donors (Lipinski definition) is 1. The Labute approximate surface area is 139 Å². The third-order valence-electron chi connectivity index (χ3n) is 4.49. The minimum absolute atomic E-state index is 0.573. The fraction of sp³-hybridized carbons (Fsp3) is 0.333. The van der Waals surface area contributed by atoms with Gasteiger partial charge in [0.1, 0.15) is 0 Å². The molecule has 0 fully saturated rings.